The minimum atomic E-state index is 0.153. The van der Waals surface area contributed by atoms with E-state index in [1.54, 1.807) is 0 Å². The van der Waals surface area contributed by atoms with E-state index in [1.165, 1.54) is 0 Å². The number of rotatable bonds is 0. The van der Waals surface area contributed by atoms with Gasteiger partial charge in [-0.3, -0.25) is 0 Å². The summed E-state index contributed by atoms with van der Waals surface area (Å²) in [7, 11) is 0. The Balaban J connectivity index is 2.48. The van der Waals surface area contributed by atoms with Crippen molar-refractivity contribution in [3.05, 3.63) is 12.2 Å². The van der Waals surface area contributed by atoms with Gasteiger partial charge in [-0.1, -0.05) is 6.58 Å². The number of hydrogen-bond donors (Lipinski definition) is 1. The lowest BCUT2D eigenvalue weighted by Gasteiger charge is -1.96. The van der Waals surface area contributed by atoms with Crippen molar-refractivity contribution in [2.45, 2.75) is 6.04 Å². The van der Waals surface area contributed by atoms with E-state index in [4.69, 9.17) is 5.73 Å². The Labute approximate surface area is 43.4 Å². The average molecular weight is 97.1 g/mol. The molecule has 1 atom stereocenters. The lowest BCUT2D eigenvalue weighted by Crippen LogP contribution is -2.21. The van der Waals surface area contributed by atoms with Gasteiger partial charge in [0.2, 0.25) is 0 Å². The molecule has 0 spiro atoms. The first-order valence-corrected chi connectivity index (χ1v) is 2.37. The van der Waals surface area contributed by atoms with Gasteiger partial charge in [0.25, 0.3) is 0 Å². The molecule has 0 aromatic carbocycles. The summed E-state index contributed by atoms with van der Waals surface area (Å²) in [6.45, 7) is 5.27. The zero-order valence-electron chi connectivity index (χ0n) is 4.22. The standard InChI is InChI=1S/C5H9N2/c1-4-2-7-3-5(4)6/h5H,1-3,6H2. The van der Waals surface area contributed by atoms with Gasteiger partial charge in [0, 0.05) is 19.1 Å². The first-order chi connectivity index (χ1) is 3.30. The van der Waals surface area contributed by atoms with Crippen LogP contribution in [-0.4, -0.2) is 19.1 Å². The highest BCUT2D eigenvalue weighted by molar-refractivity contribution is 5.11. The molecule has 1 aliphatic rings. The molecule has 1 saturated heterocycles. The summed E-state index contributed by atoms with van der Waals surface area (Å²) in [4.78, 5) is 0. The monoisotopic (exact) mass is 97.1 g/mol. The highest BCUT2D eigenvalue weighted by atomic mass is 14.9. The Morgan fingerprint density at radius 1 is 1.86 bits per heavy atom. The maximum atomic E-state index is 5.48. The Morgan fingerprint density at radius 2 is 2.57 bits per heavy atom. The lowest BCUT2D eigenvalue weighted by molar-refractivity contribution is 0.773. The van der Waals surface area contributed by atoms with Gasteiger partial charge in [-0.25, -0.2) is 5.32 Å². The zero-order chi connectivity index (χ0) is 5.28. The Morgan fingerprint density at radius 3 is 2.71 bits per heavy atom. The Bertz CT molecular complexity index is 88.1. The van der Waals surface area contributed by atoms with Crippen molar-refractivity contribution in [3.8, 4) is 0 Å². The highest BCUT2D eigenvalue weighted by Crippen LogP contribution is 2.00. The van der Waals surface area contributed by atoms with E-state index >= 15 is 0 Å². The van der Waals surface area contributed by atoms with Gasteiger partial charge in [0.05, 0.1) is 0 Å². The second-order valence-corrected chi connectivity index (χ2v) is 1.83. The van der Waals surface area contributed by atoms with Crippen LogP contribution in [0.1, 0.15) is 0 Å². The molecule has 1 heterocycles. The summed E-state index contributed by atoms with van der Waals surface area (Å²) in [5.74, 6) is 0. The van der Waals surface area contributed by atoms with Crippen LogP contribution in [0.2, 0.25) is 0 Å². The molecular formula is C5H9N2. The Kier molecular flexibility index (Phi) is 1.13. The first-order valence-electron chi connectivity index (χ1n) is 2.37. The lowest BCUT2D eigenvalue weighted by atomic mass is 10.2. The van der Waals surface area contributed by atoms with Gasteiger partial charge in [-0.15, -0.1) is 0 Å². The molecule has 0 amide bonds. The molecule has 1 fully saturated rings. The minimum absolute atomic E-state index is 0.153. The van der Waals surface area contributed by atoms with Crippen molar-refractivity contribution >= 4 is 0 Å². The predicted molar refractivity (Wildman–Crippen MR) is 29.0 cm³/mol. The van der Waals surface area contributed by atoms with Crippen LogP contribution < -0.4 is 11.1 Å². The molecule has 0 saturated carbocycles. The molecule has 39 valence electrons. The summed E-state index contributed by atoms with van der Waals surface area (Å²) in [6, 6.07) is 0.153. The third kappa shape index (κ3) is 0.813. The quantitative estimate of drug-likeness (QED) is 0.406. The third-order valence-corrected chi connectivity index (χ3v) is 1.17. The predicted octanol–water partition coefficient (Wildman–Crippen LogP) is -0.512. The topological polar surface area (TPSA) is 40.1 Å². The normalized spacial score (nSPS) is 31.6. The van der Waals surface area contributed by atoms with E-state index in [2.05, 4.69) is 11.9 Å². The third-order valence-electron chi connectivity index (χ3n) is 1.17. The average Bonchev–Trinajstić information content (AvgIpc) is 1.91. The van der Waals surface area contributed by atoms with Crippen molar-refractivity contribution < 1.29 is 0 Å². The fourth-order valence-electron chi connectivity index (χ4n) is 0.594. The maximum absolute atomic E-state index is 5.48. The van der Waals surface area contributed by atoms with Crippen molar-refractivity contribution in [2.75, 3.05) is 13.1 Å². The van der Waals surface area contributed by atoms with E-state index in [0.29, 0.717) is 0 Å². The summed E-state index contributed by atoms with van der Waals surface area (Å²) in [6.07, 6.45) is 0. The van der Waals surface area contributed by atoms with E-state index in [9.17, 15) is 0 Å². The van der Waals surface area contributed by atoms with Gasteiger partial charge < -0.3 is 5.73 Å². The molecule has 0 aromatic rings. The fourth-order valence-corrected chi connectivity index (χ4v) is 0.594. The van der Waals surface area contributed by atoms with Crippen LogP contribution in [0.4, 0.5) is 0 Å². The summed E-state index contributed by atoms with van der Waals surface area (Å²) >= 11 is 0. The van der Waals surface area contributed by atoms with Gasteiger partial charge in [-0.2, -0.15) is 0 Å². The number of nitrogens with two attached hydrogens (primary N) is 1. The van der Waals surface area contributed by atoms with Gasteiger partial charge in [0.1, 0.15) is 0 Å². The molecule has 1 aliphatic heterocycles. The second-order valence-electron chi connectivity index (χ2n) is 1.83. The molecule has 7 heavy (non-hydrogen) atoms. The largest absolute Gasteiger partial charge is 0.323 e. The molecule has 0 aliphatic carbocycles. The van der Waals surface area contributed by atoms with Crippen LogP contribution in [0.3, 0.4) is 0 Å². The molecule has 2 nitrogen and oxygen atoms in total. The molecule has 2 N–H and O–H groups in total. The smallest absolute Gasteiger partial charge is 0.0408 e. The summed E-state index contributed by atoms with van der Waals surface area (Å²) in [5.41, 5.74) is 6.55. The van der Waals surface area contributed by atoms with Gasteiger partial charge in [-0.05, 0) is 5.57 Å². The summed E-state index contributed by atoms with van der Waals surface area (Å²) in [5, 5.41) is 4.02. The van der Waals surface area contributed by atoms with Crippen LogP contribution in [0.5, 0.6) is 0 Å². The minimum Gasteiger partial charge on any atom is -0.323 e. The fraction of sp³-hybridized carbons (Fsp3) is 0.600. The van der Waals surface area contributed by atoms with Crippen LogP contribution in [-0.2, 0) is 0 Å². The molecule has 2 heteroatoms. The number of nitrogens with zero attached hydrogens (tertiary/aromatic N) is 1. The molecule has 1 radical (unpaired) electrons. The van der Waals surface area contributed by atoms with Crippen molar-refractivity contribution in [3.63, 3.8) is 0 Å². The van der Waals surface area contributed by atoms with E-state index in [0.717, 1.165) is 18.7 Å². The molecule has 0 bridgehead atoms. The Hall–Kier alpha value is -0.340. The van der Waals surface area contributed by atoms with Crippen molar-refractivity contribution in [2.24, 2.45) is 5.73 Å². The van der Waals surface area contributed by atoms with Crippen LogP contribution in [0.25, 0.3) is 0 Å². The first kappa shape index (κ1) is 4.81. The SMILES string of the molecule is C=C1C[N]CC1N. The zero-order valence-corrected chi connectivity index (χ0v) is 4.22. The van der Waals surface area contributed by atoms with E-state index < -0.39 is 0 Å². The maximum Gasteiger partial charge on any atom is 0.0408 e. The van der Waals surface area contributed by atoms with Crippen molar-refractivity contribution in [1.82, 2.24) is 5.32 Å². The molecule has 1 rings (SSSR count). The molecular weight excluding hydrogens is 88.1 g/mol. The van der Waals surface area contributed by atoms with Gasteiger partial charge in [0.15, 0.2) is 0 Å². The molecule has 1 unspecified atom stereocenters. The van der Waals surface area contributed by atoms with Crippen LogP contribution >= 0.6 is 0 Å². The van der Waals surface area contributed by atoms with Gasteiger partial charge >= 0.3 is 0 Å². The van der Waals surface area contributed by atoms with E-state index in [1.807, 2.05) is 0 Å². The summed E-state index contributed by atoms with van der Waals surface area (Å²) < 4.78 is 0. The second kappa shape index (κ2) is 1.64. The number of hydrogen-bond acceptors (Lipinski definition) is 1. The van der Waals surface area contributed by atoms with Crippen LogP contribution in [0.15, 0.2) is 12.2 Å². The highest BCUT2D eigenvalue weighted by Gasteiger charge is 2.13. The van der Waals surface area contributed by atoms with E-state index in [-0.39, 0.29) is 6.04 Å². The van der Waals surface area contributed by atoms with Crippen LogP contribution in [0, 0.1) is 0 Å². The molecule has 0 aromatic heterocycles. The van der Waals surface area contributed by atoms with Crippen molar-refractivity contribution in [1.29, 1.82) is 0 Å².